The van der Waals surface area contributed by atoms with Crippen LogP contribution in [0.25, 0.3) is 11.1 Å². The summed E-state index contributed by atoms with van der Waals surface area (Å²) < 4.78 is 26.3. The average molecular weight is 409 g/mol. The molecule has 2 unspecified atom stereocenters. The molecular weight excluding hydrogens is 384 g/mol. The Hall–Kier alpha value is -2.04. The van der Waals surface area contributed by atoms with E-state index in [1.165, 1.54) is 5.56 Å². The molecule has 0 spiro atoms. The van der Waals surface area contributed by atoms with Gasteiger partial charge in [-0.15, -0.1) is 0 Å². The van der Waals surface area contributed by atoms with E-state index >= 15 is 0 Å². The summed E-state index contributed by atoms with van der Waals surface area (Å²) in [6.07, 6.45) is 1.33. The molecule has 4 heteroatoms. The molecule has 2 nitrogen and oxygen atoms in total. The van der Waals surface area contributed by atoms with E-state index in [1.54, 1.807) is 0 Å². The van der Waals surface area contributed by atoms with Gasteiger partial charge in [-0.05, 0) is 35.1 Å². The van der Waals surface area contributed by atoms with Crippen molar-refractivity contribution < 1.29 is 8.42 Å². The molecule has 0 amide bonds. The fraction of sp³-hybridized carbons (Fsp3) is 0.250. The molecule has 1 aliphatic heterocycles. The van der Waals surface area contributed by atoms with Gasteiger partial charge in [-0.3, -0.25) is 0 Å². The van der Waals surface area contributed by atoms with Crippen LogP contribution in [-0.2, 0) is 22.0 Å². The number of benzene rings is 3. The Labute approximate surface area is 171 Å². The molecule has 1 heterocycles. The number of hydrogen-bond acceptors (Lipinski definition) is 3. The fourth-order valence-electron chi connectivity index (χ4n) is 3.51. The van der Waals surface area contributed by atoms with Gasteiger partial charge in [0.15, 0.2) is 9.84 Å². The maximum Gasteiger partial charge on any atom is 0.157 e. The van der Waals surface area contributed by atoms with E-state index in [2.05, 4.69) is 36.4 Å². The Kier molecular flexibility index (Phi) is 5.88. The van der Waals surface area contributed by atoms with E-state index in [1.807, 2.05) is 60.3 Å². The Bertz CT molecular complexity index is 993. The van der Waals surface area contributed by atoms with Crippen molar-refractivity contribution in [2.24, 2.45) is 0 Å². The molecule has 1 aliphatic rings. The molecule has 0 radical (unpaired) electrons. The van der Waals surface area contributed by atoms with Crippen LogP contribution in [0.4, 0.5) is 0 Å². The molecule has 3 aromatic carbocycles. The largest absolute Gasteiger partial charge is 0.228 e. The molecule has 28 heavy (non-hydrogen) atoms. The van der Waals surface area contributed by atoms with Gasteiger partial charge in [0.2, 0.25) is 0 Å². The lowest BCUT2D eigenvalue weighted by atomic mass is 10.0. The third kappa shape index (κ3) is 5.06. The van der Waals surface area contributed by atoms with Gasteiger partial charge in [-0.1, -0.05) is 84.9 Å². The molecule has 0 saturated carbocycles. The van der Waals surface area contributed by atoms with Gasteiger partial charge < -0.3 is 0 Å². The molecule has 0 N–H and O–H groups in total. The molecule has 4 rings (SSSR count). The standard InChI is InChI=1S/C24H24O2S2/c25-28(26,18-20-7-3-1-4-8-20)24(16-23-17-27-23)15-19-11-13-22(14-12-19)21-9-5-2-6-10-21/h1-14,23-24H,15-18H2. The number of sulfone groups is 1. The summed E-state index contributed by atoms with van der Waals surface area (Å²) in [5.74, 6) is 1.21. The molecule has 2 atom stereocenters. The SMILES string of the molecule is O=S(=O)(Cc1ccccc1)C(Cc1ccc(-c2ccccc2)cc1)CC1CS1. The topological polar surface area (TPSA) is 34.1 Å². The van der Waals surface area contributed by atoms with E-state index in [0.717, 1.165) is 28.9 Å². The maximum absolute atomic E-state index is 13.1. The summed E-state index contributed by atoms with van der Waals surface area (Å²) in [6.45, 7) is 0. The Morgan fingerprint density at radius 3 is 1.96 bits per heavy atom. The second-order valence-electron chi connectivity index (χ2n) is 7.37. The van der Waals surface area contributed by atoms with Crippen molar-refractivity contribution in [3.05, 3.63) is 96.1 Å². The zero-order valence-corrected chi connectivity index (χ0v) is 17.3. The first kappa shape index (κ1) is 19.3. The molecule has 144 valence electrons. The van der Waals surface area contributed by atoms with Crippen LogP contribution in [0.1, 0.15) is 17.5 Å². The Morgan fingerprint density at radius 2 is 1.36 bits per heavy atom. The van der Waals surface area contributed by atoms with E-state index in [0.29, 0.717) is 11.7 Å². The average Bonchev–Trinajstić information content (AvgIpc) is 3.53. The highest BCUT2D eigenvalue weighted by Crippen LogP contribution is 2.36. The van der Waals surface area contributed by atoms with Crippen LogP contribution in [-0.4, -0.2) is 24.7 Å². The van der Waals surface area contributed by atoms with Crippen LogP contribution in [0, 0.1) is 0 Å². The van der Waals surface area contributed by atoms with Crippen molar-refractivity contribution in [2.75, 3.05) is 5.75 Å². The fourth-order valence-corrected chi connectivity index (χ4v) is 6.13. The first-order valence-electron chi connectivity index (χ1n) is 9.61. The van der Waals surface area contributed by atoms with Crippen molar-refractivity contribution >= 4 is 21.6 Å². The first-order chi connectivity index (χ1) is 13.6. The van der Waals surface area contributed by atoms with Crippen molar-refractivity contribution in [2.45, 2.75) is 29.1 Å². The van der Waals surface area contributed by atoms with E-state index in [9.17, 15) is 8.42 Å². The zero-order valence-electron chi connectivity index (χ0n) is 15.7. The predicted molar refractivity (Wildman–Crippen MR) is 119 cm³/mol. The van der Waals surface area contributed by atoms with Gasteiger partial charge in [-0.2, -0.15) is 11.8 Å². The normalized spacial score (nSPS) is 17.2. The van der Waals surface area contributed by atoms with Gasteiger partial charge in [0, 0.05) is 11.0 Å². The molecule has 1 fully saturated rings. The molecule has 1 saturated heterocycles. The zero-order chi connectivity index (χ0) is 19.4. The second kappa shape index (κ2) is 8.54. The van der Waals surface area contributed by atoms with Crippen molar-refractivity contribution in [1.82, 2.24) is 0 Å². The van der Waals surface area contributed by atoms with Crippen molar-refractivity contribution in [1.29, 1.82) is 0 Å². The minimum atomic E-state index is -3.20. The summed E-state index contributed by atoms with van der Waals surface area (Å²) in [7, 11) is -3.20. The minimum absolute atomic E-state index is 0.123. The van der Waals surface area contributed by atoms with Crippen LogP contribution < -0.4 is 0 Å². The third-order valence-corrected chi connectivity index (χ3v) is 8.28. The lowest BCUT2D eigenvalue weighted by Crippen LogP contribution is -2.27. The number of hydrogen-bond donors (Lipinski definition) is 0. The summed E-state index contributed by atoms with van der Waals surface area (Å²) in [5, 5.41) is 0.175. The van der Waals surface area contributed by atoms with Crippen molar-refractivity contribution in [3.8, 4) is 11.1 Å². The van der Waals surface area contributed by atoms with E-state index in [-0.39, 0.29) is 11.0 Å². The lowest BCUT2D eigenvalue weighted by Gasteiger charge is -2.18. The van der Waals surface area contributed by atoms with E-state index in [4.69, 9.17) is 0 Å². The Balaban J connectivity index is 1.51. The second-order valence-corrected chi connectivity index (χ2v) is 11.0. The predicted octanol–water partition coefficient (Wildman–Crippen LogP) is 5.39. The van der Waals surface area contributed by atoms with E-state index < -0.39 is 9.84 Å². The molecule has 3 aromatic rings. The highest BCUT2D eigenvalue weighted by Gasteiger charge is 2.33. The van der Waals surface area contributed by atoms with Gasteiger partial charge in [0.25, 0.3) is 0 Å². The molecule has 0 aromatic heterocycles. The monoisotopic (exact) mass is 408 g/mol. The summed E-state index contributed by atoms with van der Waals surface area (Å²) in [5.41, 5.74) is 4.30. The van der Waals surface area contributed by atoms with Gasteiger partial charge in [-0.25, -0.2) is 8.42 Å². The molecule has 0 bridgehead atoms. The van der Waals surface area contributed by atoms with Crippen LogP contribution in [0.2, 0.25) is 0 Å². The lowest BCUT2D eigenvalue weighted by molar-refractivity contribution is 0.570. The number of thioether (sulfide) groups is 1. The van der Waals surface area contributed by atoms with Gasteiger partial charge >= 0.3 is 0 Å². The van der Waals surface area contributed by atoms with Crippen LogP contribution in [0.5, 0.6) is 0 Å². The highest BCUT2D eigenvalue weighted by atomic mass is 32.2. The molecule has 0 aliphatic carbocycles. The van der Waals surface area contributed by atoms with Crippen LogP contribution in [0.3, 0.4) is 0 Å². The smallest absolute Gasteiger partial charge is 0.157 e. The van der Waals surface area contributed by atoms with Gasteiger partial charge in [0.05, 0.1) is 11.0 Å². The number of rotatable bonds is 8. The maximum atomic E-state index is 13.1. The summed E-state index contributed by atoms with van der Waals surface area (Å²) in [6, 6.07) is 28.1. The van der Waals surface area contributed by atoms with Crippen LogP contribution in [0.15, 0.2) is 84.9 Å². The molecular formula is C24H24O2S2. The summed E-state index contributed by atoms with van der Waals surface area (Å²) in [4.78, 5) is 0. The minimum Gasteiger partial charge on any atom is -0.228 e. The van der Waals surface area contributed by atoms with Crippen LogP contribution >= 0.6 is 11.8 Å². The van der Waals surface area contributed by atoms with Crippen molar-refractivity contribution in [3.63, 3.8) is 0 Å². The third-order valence-electron chi connectivity index (χ3n) is 5.17. The quantitative estimate of drug-likeness (QED) is 0.469. The highest BCUT2D eigenvalue weighted by molar-refractivity contribution is 8.06. The first-order valence-corrected chi connectivity index (χ1v) is 12.4. The Morgan fingerprint density at radius 1 is 0.786 bits per heavy atom. The summed E-state index contributed by atoms with van der Waals surface area (Å²) >= 11 is 1.86. The van der Waals surface area contributed by atoms with Gasteiger partial charge in [0.1, 0.15) is 0 Å².